The summed E-state index contributed by atoms with van der Waals surface area (Å²) in [5, 5.41) is 0. The van der Waals surface area contributed by atoms with Gasteiger partial charge in [-0.25, -0.2) is 9.18 Å². The third-order valence-electron chi connectivity index (χ3n) is 1.03. The summed E-state index contributed by atoms with van der Waals surface area (Å²) in [5.74, 6) is -1.29. The lowest BCUT2D eigenvalue weighted by atomic mass is 10.4. The van der Waals surface area contributed by atoms with E-state index in [1.807, 2.05) is 0 Å². The van der Waals surface area contributed by atoms with E-state index in [-0.39, 0.29) is 5.76 Å². The molecule has 66 valence electrons. The van der Waals surface area contributed by atoms with Crippen molar-refractivity contribution in [1.29, 1.82) is 0 Å². The summed E-state index contributed by atoms with van der Waals surface area (Å²) in [4.78, 5) is 10.6. The summed E-state index contributed by atoms with van der Waals surface area (Å²) in [7, 11) is 0. The van der Waals surface area contributed by atoms with E-state index in [1.165, 1.54) is 13.0 Å². The van der Waals surface area contributed by atoms with Crippen LogP contribution in [0, 0.1) is 0 Å². The molecular formula is C9H11FO2. The molecule has 12 heavy (non-hydrogen) atoms. The molecule has 0 N–H and O–H groups in total. The van der Waals surface area contributed by atoms with Crippen LogP contribution in [0.25, 0.3) is 0 Å². The third kappa shape index (κ3) is 3.71. The van der Waals surface area contributed by atoms with Crippen LogP contribution >= 0.6 is 0 Å². The first-order chi connectivity index (χ1) is 5.61. The Morgan fingerprint density at radius 3 is 2.50 bits per heavy atom. The molecular weight excluding hydrogens is 159 g/mol. The lowest BCUT2D eigenvalue weighted by Crippen LogP contribution is -1.99. The van der Waals surface area contributed by atoms with Gasteiger partial charge in [0.1, 0.15) is 5.83 Å². The molecule has 0 aliphatic carbocycles. The standard InChI is InChI=1S/C9H11FO2/c1-4-6-8(7(3)10)12-9(11)5-2/h4-6H,2H2,1,3H3/b6-4-,8-7-. The Hall–Kier alpha value is -1.38. The highest BCUT2D eigenvalue weighted by Crippen LogP contribution is 2.09. The van der Waals surface area contributed by atoms with E-state index < -0.39 is 11.8 Å². The Labute approximate surface area is 71.0 Å². The van der Waals surface area contributed by atoms with E-state index in [1.54, 1.807) is 13.0 Å². The number of hydrogen-bond acceptors (Lipinski definition) is 2. The van der Waals surface area contributed by atoms with Gasteiger partial charge in [0, 0.05) is 6.08 Å². The first-order valence-corrected chi connectivity index (χ1v) is 3.45. The van der Waals surface area contributed by atoms with Crippen molar-refractivity contribution in [2.24, 2.45) is 0 Å². The quantitative estimate of drug-likeness (QED) is 0.281. The van der Waals surface area contributed by atoms with Crippen molar-refractivity contribution in [1.82, 2.24) is 0 Å². The summed E-state index contributed by atoms with van der Waals surface area (Å²) < 4.78 is 17.1. The largest absolute Gasteiger partial charge is 0.421 e. The predicted molar refractivity (Wildman–Crippen MR) is 44.9 cm³/mol. The van der Waals surface area contributed by atoms with Gasteiger partial charge in [0.15, 0.2) is 5.76 Å². The van der Waals surface area contributed by atoms with Gasteiger partial charge in [0.05, 0.1) is 0 Å². The zero-order chi connectivity index (χ0) is 9.56. The third-order valence-corrected chi connectivity index (χ3v) is 1.03. The van der Waals surface area contributed by atoms with Gasteiger partial charge in [-0.2, -0.15) is 0 Å². The molecule has 0 aliphatic rings. The normalized spacial score (nSPS) is 12.6. The van der Waals surface area contributed by atoms with E-state index in [2.05, 4.69) is 11.3 Å². The number of ether oxygens (including phenoxy) is 1. The molecule has 0 amide bonds. The monoisotopic (exact) mass is 170 g/mol. The number of hydrogen-bond donors (Lipinski definition) is 0. The van der Waals surface area contributed by atoms with Gasteiger partial charge in [0.25, 0.3) is 0 Å². The summed E-state index contributed by atoms with van der Waals surface area (Å²) >= 11 is 0. The van der Waals surface area contributed by atoms with E-state index in [0.29, 0.717) is 0 Å². The molecule has 3 heteroatoms. The van der Waals surface area contributed by atoms with Gasteiger partial charge in [-0.05, 0) is 19.9 Å². The molecule has 0 atom stereocenters. The second-order valence-corrected chi connectivity index (χ2v) is 2.02. The number of carbonyl (C=O) groups excluding carboxylic acids is 1. The fourth-order valence-electron chi connectivity index (χ4n) is 0.521. The van der Waals surface area contributed by atoms with Crippen LogP contribution < -0.4 is 0 Å². The first-order valence-electron chi connectivity index (χ1n) is 3.45. The molecule has 0 unspecified atom stereocenters. The minimum absolute atomic E-state index is 0.0811. The smallest absolute Gasteiger partial charge is 0.335 e. The molecule has 0 radical (unpaired) electrons. The van der Waals surface area contributed by atoms with Crippen molar-refractivity contribution in [2.45, 2.75) is 13.8 Å². The Bertz CT molecular complexity index is 235. The van der Waals surface area contributed by atoms with Gasteiger partial charge in [-0.15, -0.1) is 0 Å². The lowest BCUT2D eigenvalue weighted by Gasteiger charge is -2.00. The average Bonchev–Trinajstić information content (AvgIpc) is 2.03. The Morgan fingerprint density at radius 1 is 1.58 bits per heavy atom. The topological polar surface area (TPSA) is 26.3 Å². The highest BCUT2D eigenvalue weighted by molar-refractivity contribution is 5.82. The number of rotatable bonds is 3. The van der Waals surface area contributed by atoms with Crippen molar-refractivity contribution < 1.29 is 13.9 Å². The Balaban J connectivity index is 4.46. The average molecular weight is 170 g/mol. The molecule has 0 aromatic heterocycles. The van der Waals surface area contributed by atoms with Crippen molar-refractivity contribution in [3.63, 3.8) is 0 Å². The minimum Gasteiger partial charge on any atom is -0.421 e. The maximum atomic E-state index is 12.6. The Kier molecular flexibility index (Phi) is 4.69. The Morgan fingerprint density at radius 2 is 2.17 bits per heavy atom. The van der Waals surface area contributed by atoms with E-state index >= 15 is 0 Å². The zero-order valence-corrected chi connectivity index (χ0v) is 7.13. The van der Waals surface area contributed by atoms with Gasteiger partial charge < -0.3 is 4.74 Å². The highest BCUT2D eigenvalue weighted by atomic mass is 19.1. The van der Waals surface area contributed by atoms with E-state index in [9.17, 15) is 9.18 Å². The van der Waals surface area contributed by atoms with Crippen molar-refractivity contribution >= 4 is 5.97 Å². The highest BCUT2D eigenvalue weighted by Gasteiger charge is 2.03. The number of carbonyl (C=O) groups is 1. The van der Waals surface area contributed by atoms with Gasteiger partial charge in [-0.1, -0.05) is 12.7 Å². The second-order valence-electron chi connectivity index (χ2n) is 2.02. The number of halogens is 1. The van der Waals surface area contributed by atoms with Crippen LogP contribution in [-0.4, -0.2) is 5.97 Å². The van der Waals surface area contributed by atoms with Crippen molar-refractivity contribution in [3.05, 3.63) is 36.4 Å². The lowest BCUT2D eigenvalue weighted by molar-refractivity contribution is -0.133. The van der Waals surface area contributed by atoms with Crippen LogP contribution in [0.3, 0.4) is 0 Å². The van der Waals surface area contributed by atoms with Gasteiger partial charge >= 0.3 is 5.97 Å². The van der Waals surface area contributed by atoms with Crippen LogP contribution in [0.2, 0.25) is 0 Å². The summed E-state index contributed by atoms with van der Waals surface area (Å²) in [6, 6.07) is 0. The maximum absolute atomic E-state index is 12.6. The molecule has 0 rings (SSSR count). The van der Waals surface area contributed by atoms with Crippen molar-refractivity contribution in [2.75, 3.05) is 0 Å². The minimum atomic E-state index is -0.667. The van der Waals surface area contributed by atoms with Gasteiger partial charge in [0.2, 0.25) is 0 Å². The SMILES string of the molecule is C=CC(=O)OC(/C=C\C)=C(/C)F. The fourth-order valence-corrected chi connectivity index (χ4v) is 0.521. The molecule has 2 nitrogen and oxygen atoms in total. The molecule has 0 aromatic rings. The van der Waals surface area contributed by atoms with Gasteiger partial charge in [-0.3, -0.25) is 0 Å². The van der Waals surface area contributed by atoms with E-state index in [0.717, 1.165) is 6.08 Å². The molecule has 0 heterocycles. The van der Waals surface area contributed by atoms with Crippen molar-refractivity contribution in [3.8, 4) is 0 Å². The predicted octanol–water partition coefficient (Wildman–Crippen LogP) is 2.49. The molecule has 0 spiro atoms. The fraction of sp³-hybridized carbons (Fsp3) is 0.222. The van der Waals surface area contributed by atoms with Crippen LogP contribution in [0.1, 0.15) is 13.8 Å². The van der Waals surface area contributed by atoms with Crippen LogP contribution in [0.15, 0.2) is 36.4 Å². The maximum Gasteiger partial charge on any atom is 0.335 e. The molecule has 0 aromatic carbocycles. The molecule has 0 bridgehead atoms. The van der Waals surface area contributed by atoms with Crippen LogP contribution in [0.5, 0.6) is 0 Å². The zero-order valence-electron chi connectivity index (χ0n) is 7.13. The molecule has 0 saturated carbocycles. The molecule has 0 fully saturated rings. The number of allylic oxidation sites excluding steroid dienone is 3. The second kappa shape index (κ2) is 5.29. The molecule has 0 saturated heterocycles. The summed E-state index contributed by atoms with van der Waals surface area (Å²) in [5.41, 5.74) is 0. The summed E-state index contributed by atoms with van der Waals surface area (Å²) in [6.07, 6.45) is 3.93. The van der Waals surface area contributed by atoms with Crippen LogP contribution in [0.4, 0.5) is 4.39 Å². The van der Waals surface area contributed by atoms with E-state index in [4.69, 9.17) is 0 Å². The van der Waals surface area contributed by atoms with Crippen LogP contribution in [-0.2, 0) is 9.53 Å². The first kappa shape index (κ1) is 10.6. The number of esters is 1. The molecule has 0 aliphatic heterocycles. The summed E-state index contributed by atoms with van der Waals surface area (Å²) in [6.45, 7) is 6.10.